The van der Waals surface area contributed by atoms with Crippen LogP contribution in [0.15, 0.2) is 12.3 Å². The van der Waals surface area contributed by atoms with E-state index in [1.807, 2.05) is 12.3 Å². The van der Waals surface area contributed by atoms with Crippen LogP contribution in [0.2, 0.25) is 0 Å². The average molecular weight is 431 g/mol. The second-order valence-electron chi connectivity index (χ2n) is 7.52. The molecular formula is C22H43ClN4O2. The summed E-state index contributed by atoms with van der Waals surface area (Å²) in [6, 6.07) is 1.94. The summed E-state index contributed by atoms with van der Waals surface area (Å²) in [5.41, 5.74) is 0. The van der Waals surface area contributed by atoms with Gasteiger partial charge < -0.3 is 27.9 Å². The molecular weight excluding hydrogens is 388 g/mol. The Morgan fingerprint density at radius 2 is 1.38 bits per heavy atom. The predicted molar refractivity (Wildman–Crippen MR) is 117 cm³/mol. The third kappa shape index (κ3) is 14.5. The lowest BCUT2D eigenvalue weighted by Crippen LogP contribution is -3.00. The first-order valence-electron chi connectivity index (χ1n) is 11.4. The molecule has 0 aromatic carbocycles. The smallest absolute Gasteiger partial charge is 0.393 e. The van der Waals surface area contributed by atoms with Crippen molar-refractivity contribution in [3.63, 3.8) is 0 Å². The van der Waals surface area contributed by atoms with Crippen LogP contribution in [0.4, 0.5) is 11.8 Å². The molecule has 0 saturated heterocycles. The molecule has 0 unspecified atom stereocenters. The minimum atomic E-state index is 0. The standard InChI is InChI=1S/C22H42N4O2.ClH/c1-2-3-4-5-6-7-8-9-10-11-15-24-22-25-21(23-16-12-19-27)14-18-26(22)17-13-20-28;/h14,18,27-28H,2-13,15-17,19-20H2,1H3,(H,23,24,25);1H. The number of anilines is 2. The van der Waals surface area contributed by atoms with Crippen LogP contribution in [-0.4, -0.2) is 41.5 Å². The maximum absolute atomic E-state index is 9.10. The highest BCUT2D eigenvalue weighted by Gasteiger charge is 2.12. The van der Waals surface area contributed by atoms with Gasteiger partial charge in [0.1, 0.15) is 0 Å². The van der Waals surface area contributed by atoms with Crippen LogP contribution in [0, 0.1) is 0 Å². The predicted octanol–water partition coefficient (Wildman–Crippen LogP) is 0.883. The lowest BCUT2D eigenvalue weighted by Gasteiger charge is -2.08. The molecule has 0 saturated carbocycles. The lowest BCUT2D eigenvalue weighted by molar-refractivity contribution is -0.686. The molecule has 1 aromatic rings. The van der Waals surface area contributed by atoms with Gasteiger partial charge in [0.05, 0.1) is 19.3 Å². The van der Waals surface area contributed by atoms with Crippen molar-refractivity contribution in [2.45, 2.75) is 90.5 Å². The van der Waals surface area contributed by atoms with Crippen molar-refractivity contribution in [2.24, 2.45) is 0 Å². The van der Waals surface area contributed by atoms with E-state index in [4.69, 9.17) is 10.2 Å². The molecule has 0 fully saturated rings. The minimum Gasteiger partial charge on any atom is -1.00 e. The molecule has 1 aromatic heterocycles. The van der Waals surface area contributed by atoms with Gasteiger partial charge in [0.15, 0.2) is 0 Å². The summed E-state index contributed by atoms with van der Waals surface area (Å²) in [7, 11) is 0. The minimum absolute atomic E-state index is 0. The van der Waals surface area contributed by atoms with Crippen molar-refractivity contribution in [3.05, 3.63) is 12.3 Å². The zero-order valence-corrected chi connectivity index (χ0v) is 19.1. The Bertz CT molecular complexity index is 492. The number of aliphatic hydroxyl groups is 2. The topological polar surface area (TPSA) is 81.3 Å². The summed E-state index contributed by atoms with van der Waals surface area (Å²) in [5, 5.41) is 24.7. The van der Waals surface area contributed by atoms with E-state index in [1.165, 1.54) is 57.8 Å². The van der Waals surface area contributed by atoms with E-state index in [0.717, 1.165) is 37.7 Å². The molecule has 0 aliphatic heterocycles. The van der Waals surface area contributed by atoms with E-state index in [0.29, 0.717) is 13.0 Å². The van der Waals surface area contributed by atoms with Crippen LogP contribution in [0.5, 0.6) is 0 Å². The Balaban J connectivity index is 0.00000784. The van der Waals surface area contributed by atoms with Gasteiger partial charge in [-0.2, -0.15) is 0 Å². The zero-order valence-electron chi connectivity index (χ0n) is 18.3. The summed E-state index contributed by atoms with van der Waals surface area (Å²) >= 11 is 0. The van der Waals surface area contributed by atoms with E-state index in [9.17, 15) is 0 Å². The highest BCUT2D eigenvalue weighted by molar-refractivity contribution is 5.36. The third-order valence-electron chi connectivity index (χ3n) is 4.92. The molecule has 0 atom stereocenters. The highest BCUT2D eigenvalue weighted by atomic mass is 35.5. The van der Waals surface area contributed by atoms with Crippen LogP contribution < -0.4 is 27.6 Å². The zero-order chi connectivity index (χ0) is 20.3. The van der Waals surface area contributed by atoms with Gasteiger partial charge in [-0.15, -0.1) is 0 Å². The van der Waals surface area contributed by atoms with Crippen LogP contribution in [0.25, 0.3) is 0 Å². The Labute approximate surface area is 183 Å². The van der Waals surface area contributed by atoms with E-state index < -0.39 is 0 Å². The van der Waals surface area contributed by atoms with Gasteiger partial charge >= 0.3 is 5.95 Å². The molecule has 29 heavy (non-hydrogen) atoms. The van der Waals surface area contributed by atoms with Crippen LogP contribution >= 0.6 is 0 Å². The van der Waals surface area contributed by atoms with Gasteiger partial charge in [-0.1, -0.05) is 69.7 Å². The summed E-state index contributed by atoms with van der Waals surface area (Å²) in [5.74, 6) is 1.66. The molecule has 1 heterocycles. The summed E-state index contributed by atoms with van der Waals surface area (Å²) < 4.78 is 2.06. The van der Waals surface area contributed by atoms with E-state index in [2.05, 4.69) is 27.1 Å². The van der Waals surface area contributed by atoms with Crippen LogP contribution in [-0.2, 0) is 6.54 Å². The molecule has 0 aliphatic rings. The van der Waals surface area contributed by atoms with Crippen molar-refractivity contribution < 1.29 is 27.2 Å². The van der Waals surface area contributed by atoms with E-state index in [-0.39, 0.29) is 25.6 Å². The number of rotatable bonds is 19. The van der Waals surface area contributed by atoms with E-state index >= 15 is 0 Å². The Kier molecular flexibility index (Phi) is 19.4. The number of hydrogen-bond acceptors (Lipinski definition) is 5. The number of aryl methyl sites for hydroxylation is 1. The second kappa shape index (κ2) is 20.2. The van der Waals surface area contributed by atoms with Gasteiger partial charge in [0.2, 0.25) is 5.82 Å². The fraction of sp³-hybridized carbons (Fsp3) is 0.818. The number of nitrogens with one attached hydrogen (secondary N) is 2. The maximum Gasteiger partial charge on any atom is 0.393 e. The quantitative estimate of drug-likeness (QED) is 0.193. The van der Waals surface area contributed by atoms with Crippen molar-refractivity contribution in [1.82, 2.24) is 4.98 Å². The monoisotopic (exact) mass is 430 g/mol. The molecule has 0 aliphatic carbocycles. The number of unbranched alkanes of at least 4 members (excludes halogenated alkanes) is 9. The Hall–Kier alpha value is -1.11. The van der Waals surface area contributed by atoms with Gasteiger partial charge in [0.25, 0.3) is 0 Å². The fourth-order valence-corrected chi connectivity index (χ4v) is 3.22. The molecule has 6 nitrogen and oxygen atoms in total. The van der Waals surface area contributed by atoms with Crippen molar-refractivity contribution in [3.8, 4) is 0 Å². The van der Waals surface area contributed by atoms with Crippen LogP contribution in [0.1, 0.15) is 84.0 Å². The van der Waals surface area contributed by atoms with Crippen molar-refractivity contribution >= 4 is 11.8 Å². The maximum atomic E-state index is 9.10. The molecule has 0 amide bonds. The largest absolute Gasteiger partial charge is 1.00 e. The first kappa shape index (κ1) is 27.9. The van der Waals surface area contributed by atoms with Crippen molar-refractivity contribution in [1.29, 1.82) is 0 Å². The molecule has 1 rings (SSSR count). The number of hydrogen-bond donors (Lipinski definition) is 4. The van der Waals surface area contributed by atoms with Crippen LogP contribution in [0.3, 0.4) is 0 Å². The molecule has 4 N–H and O–H groups in total. The molecule has 170 valence electrons. The van der Waals surface area contributed by atoms with Gasteiger partial charge in [-0.3, -0.25) is 5.32 Å². The molecule has 0 spiro atoms. The third-order valence-corrected chi connectivity index (χ3v) is 4.92. The number of aromatic nitrogens is 2. The average Bonchev–Trinajstić information content (AvgIpc) is 2.71. The molecule has 0 radical (unpaired) electrons. The molecule has 0 bridgehead atoms. The van der Waals surface area contributed by atoms with Gasteiger partial charge in [-0.25, -0.2) is 4.57 Å². The Morgan fingerprint density at radius 1 is 0.793 bits per heavy atom. The normalized spacial score (nSPS) is 10.6. The number of aliphatic hydroxyl groups excluding tert-OH is 2. The summed E-state index contributed by atoms with van der Waals surface area (Å²) in [4.78, 5) is 4.66. The Morgan fingerprint density at radius 3 is 2.00 bits per heavy atom. The number of nitrogens with zero attached hydrogens (tertiary/aromatic N) is 2. The lowest BCUT2D eigenvalue weighted by atomic mass is 10.1. The van der Waals surface area contributed by atoms with E-state index in [1.54, 1.807) is 0 Å². The van der Waals surface area contributed by atoms with Crippen molar-refractivity contribution in [2.75, 3.05) is 36.9 Å². The summed E-state index contributed by atoms with van der Waals surface area (Å²) in [6.07, 6.45) is 16.8. The molecule has 7 heteroatoms. The van der Waals surface area contributed by atoms with Gasteiger partial charge in [-0.05, 0) is 12.8 Å². The first-order valence-corrected chi connectivity index (χ1v) is 11.4. The highest BCUT2D eigenvalue weighted by Crippen LogP contribution is 2.11. The second-order valence-corrected chi connectivity index (χ2v) is 7.52. The van der Waals surface area contributed by atoms with Gasteiger partial charge in [0, 0.05) is 32.2 Å². The fourth-order valence-electron chi connectivity index (χ4n) is 3.22. The SMILES string of the molecule is CCCCCCCCCCCCNc1nc(NCCCO)cc[n+]1CCCO.[Cl-]. The number of halogens is 1. The summed E-state index contributed by atoms with van der Waals surface area (Å²) in [6.45, 7) is 5.01. The first-order chi connectivity index (χ1) is 13.8.